The molecule has 4 nitrogen and oxygen atoms in total. The molecule has 0 saturated carbocycles. The molecular formula is C8H11N3O. The van der Waals surface area contributed by atoms with Crippen molar-refractivity contribution in [3.63, 3.8) is 0 Å². The number of rotatable bonds is 2. The number of hydrogen-bond donors (Lipinski definition) is 0. The van der Waals surface area contributed by atoms with Crippen LogP contribution >= 0.6 is 0 Å². The summed E-state index contributed by atoms with van der Waals surface area (Å²) >= 11 is 0. The summed E-state index contributed by atoms with van der Waals surface area (Å²) < 4.78 is 0. The molecule has 1 rings (SSSR count). The lowest BCUT2D eigenvalue weighted by Gasteiger charge is -2.10. The first-order valence-corrected chi connectivity index (χ1v) is 3.62. The quantitative estimate of drug-likeness (QED) is 0.606. The van der Waals surface area contributed by atoms with Crippen LogP contribution in [0.15, 0.2) is 12.3 Å². The standard InChI is InChI=1S/C8H11N3O/c1-6(12)8-9-5-4-7(10-8)11(2)3/h4-5H,1-3H3. The molecule has 4 heteroatoms. The largest absolute Gasteiger partial charge is 0.363 e. The van der Waals surface area contributed by atoms with Gasteiger partial charge < -0.3 is 4.90 Å². The van der Waals surface area contributed by atoms with Gasteiger partial charge in [-0.25, -0.2) is 9.97 Å². The summed E-state index contributed by atoms with van der Waals surface area (Å²) in [6.45, 7) is 1.45. The van der Waals surface area contributed by atoms with Gasteiger partial charge in [-0.2, -0.15) is 0 Å². The lowest BCUT2D eigenvalue weighted by molar-refractivity contribution is 0.100. The SMILES string of the molecule is CC(=O)c1nccc(N(C)C)n1. The number of Topliss-reactive ketones (excluding diaryl/α,β-unsaturated/α-hetero) is 1. The van der Waals surface area contributed by atoms with E-state index in [1.807, 2.05) is 19.0 Å². The number of hydrogen-bond acceptors (Lipinski definition) is 4. The molecule has 1 aromatic rings. The lowest BCUT2D eigenvalue weighted by Crippen LogP contribution is -2.13. The van der Waals surface area contributed by atoms with Crippen molar-refractivity contribution in [2.24, 2.45) is 0 Å². The Kier molecular flexibility index (Phi) is 2.38. The summed E-state index contributed by atoms with van der Waals surface area (Å²) in [6, 6.07) is 1.76. The Balaban J connectivity index is 3.04. The second kappa shape index (κ2) is 3.30. The fraction of sp³-hybridized carbons (Fsp3) is 0.375. The summed E-state index contributed by atoms with van der Waals surface area (Å²) in [5, 5.41) is 0. The van der Waals surface area contributed by atoms with Crippen LogP contribution in [0.2, 0.25) is 0 Å². The van der Waals surface area contributed by atoms with Crippen molar-refractivity contribution in [2.75, 3.05) is 19.0 Å². The molecular weight excluding hydrogens is 154 g/mol. The Morgan fingerprint density at radius 2 is 2.17 bits per heavy atom. The van der Waals surface area contributed by atoms with E-state index in [1.165, 1.54) is 6.92 Å². The van der Waals surface area contributed by atoms with E-state index in [4.69, 9.17) is 0 Å². The molecule has 0 saturated heterocycles. The second-order valence-electron chi connectivity index (χ2n) is 2.69. The Bertz CT molecular complexity index is 296. The normalized spacial score (nSPS) is 9.58. The minimum Gasteiger partial charge on any atom is -0.363 e. The van der Waals surface area contributed by atoms with Crippen LogP contribution in [0.1, 0.15) is 17.5 Å². The van der Waals surface area contributed by atoms with Crippen molar-refractivity contribution in [3.8, 4) is 0 Å². The van der Waals surface area contributed by atoms with Crippen LogP contribution < -0.4 is 4.90 Å². The Morgan fingerprint density at radius 3 is 2.67 bits per heavy atom. The molecule has 0 aliphatic carbocycles. The van der Waals surface area contributed by atoms with Gasteiger partial charge in [0.15, 0.2) is 11.6 Å². The van der Waals surface area contributed by atoms with Crippen LogP contribution in [0.25, 0.3) is 0 Å². The molecule has 0 fully saturated rings. The number of anilines is 1. The molecule has 0 N–H and O–H groups in total. The predicted molar refractivity (Wildman–Crippen MR) is 46.4 cm³/mol. The highest BCUT2D eigenvalue weighted by Gasteiger charge is 2.04. The monoisotopic (exact) mass is 165 g/mol. The number of carbonyl (C=O) groups excluding carboxylic acids is 1. The van der Waals surface area contributed by atoms with Crippen LogP contribution in [0, 0.1) is 0 Å². The maximum absolute atomic E-state index is 10.9. The molecule has 0 amide bonds. The summed E-state index contributed by atoms with van der Waals surface area (Å²) in [7, 11) is 3.73. The summed E-state index contributed by atoms with van der Waals surface area (Å²) in [5.74, 6) is 0.898. The minimum absolute atomic E-state index is 0.112. The number of nitrogens with zero attached hydrogens (tertiary/aromatic N) is 3. The zero-order valence-electron chi connectivity index (χ0n) is 7.40. The number of ketones is 1. The van der Waals surface area contributed by atoms with E-state index in [9.17, 15) is 4.79 Å². The van der Waals surface area contributed by atoms with Crippen molar-refractivity contribution < 1.29 is 4.79 Å². The maximum Gasteiger partial charge on any atom is 0.197 e. The maximum atomic E-state index is 10.9. The molecule has 1 heterocycles. The van der Waals surface area contributed by atoms with Crippen LogP contribution in [0.4, 0.5) is 5.82 Å². The summed E-state index contributed by atoms with van der Waals surface area (Å²) in [5.41, 5.74) is 0. The summed E-state index contributed by atoms with van der Waals surface area (Å²) in [6.07, 6.45) is 1.58. The molecule has 0 bridgehead atoms. The highest BCUT2D eigenvalue weighted by Crippen LogP contribution is 2.05. The van der Waals surface area contributed by atoms with E-state index < -0.39 is 0 Å². The van der Waals surface area contributed by atoms with Crippen molar-refractivity contribution in [1.82, 2.24) is 9.97 Å². The van der Waals surface area contributed by atoms with Gasteiger partial charge in [0.05, 0.1) is 0 Å². The third-order valence-corrected chi connectivity index (χ3v) is 1.41. The first-order chi connectivity index (χ1) is 5.61. The third-order valence-electron chi connectivity index (χ3n) is 1.41. The van der Waals surface area contributed by atoms with Crippen molar-refractivity contribution in [3.05, 3.63) is 18.1 Å². The van der Waals surface area contributed by atoms with Crippen LogP contribution in [-0.4, -0.2) is 29.8 Å². The van der Waals surface area contributed by atoms with Gasteiger partial charge in [0.25, 0.3) is 0 Å². The number of carbonyl (C=O) groups is 1. The summed E-state index contributed by atoms with van der Waals surface area (Å²) in [4.78, 5) is 20.6. The first-order valence-electron chi connectivity index (χ1n) is 3.62. The van der Waals surface area contributed by atoms with Gasteiger partial charge in [0.2, 0.25) is 0 Å². The van der Waals surface area contributed by atoms with Gasteiger partial charge in [-0.1, -0.05) is 0 Å². The minimum atomic E-state index is -0.112. The Morgan fingerprint density at radius 1 is 1.50 bits per heavy atom. The third kappa shape index (κ3) is 1.78. The van der Waals surface area contributed by atoms with Crippen LogP contribution in [0.5, 0.6) is 0 Å². The highest BCUT2D eigenvalue weighted by molar-refractivity contribution is 5.90. The van der Waals surface area contributed by atoms with Gasteiger partial charge in [-0.3, -0.25) is 4.79 Å². The second-order valence-corrected chi connectivity index (χ2v) is 2.69. The molecule has 64 valence electrons. The molecule has 0 spiro atoms. The van der Waals surface area contributed by atoms with Crippen molar-refractivity contribution >= 4 is 11.6 Å². The zero-order chi connectivity index (χ0) is 9.14. The fourth-order valence-corrected chi connectivity index (χ4v) is 0.768. The van der Waals surface area contributed by atoms with Gasteiger partial charge in [0.1, 0.15) is 5.82 Å². The van der Waals surface area contributed by atoms with E-state index >= 15 is 0 Å². The molecule has 0 radical (unpaired) electrons. The highest BCUT2D eigenvalue weighted by atomic mass is 16.1. The Hall–Kier alpha value is -1.45. The van der Waals surface area contributed by atoms with Gasteiger partial charge >= 0.3 is 0 Å². The molecule has 0 aromatic carbocycles. The van der Waals surface area contributed by atoms with Crippen molar-refractivity contribution in [1.29, 1.82) is 0 Å². The number of aromatic nitrogens is 2. The van der Waals surface area contributed by atoms with Crippen molar-refractivity contribution in [2.45, 2.75) is 6.92 Å². The molecule has 1 aromatic heterocycles. The smallest absolute Gasteiger partial charge is 0.197 e. The van der Waals surface area contributed by atoms with Gasteiger partial charge in [-0.05, 0) is 6.07 Å². The Labute approximate surface area is 71.3 Å². The van der Waals surface area contributed by atoms with E-state index in [2.05, 4.69) is 9.97 Å². The topological polar surface area (TPSA) is 46.1 Å². The molecule has 0 aliphatic heterocycles. The van der Waals surface area contributed by atoms with E-state index in [0.717, 1.165) is 5.82 Å². The predicted octanol–water partition coefficient (Wildman–Crippen LogP) is 0.745. The average Bonchev–Trinajstić information content (AvgIpc) is 2.04. The molecule has 12 heavy (non-hydrogen) atoms. The van der Waals surface area contributed by atoms with Gasteiger partial charge in [-0.15, -0.1) is 0 Å². The average molecular weight is 165 g/mol. The van der Waals surface area contributed by atoms with E-state index in [1.54, 1.807) is 12.3 Å². The van der Waals surface area contributed by atoms with Crippen LogP contribution in [-0.2, 0) is 0 Å². The van der Waals surface area contributed by atoms with Crippen LogP contribution in [0.3, 0.4) is 0 Å². The van der Waals surface area contributed by atoms with Gasteiger partial charge in [0, 0.05) is 27.2 Å². The van der Waals surface area contributed by atoms with E-state index in [0.29, 0.717) is 0 Å². The molecule has 0 atom stereocenters. The molecule has 0 aliphatic rings. The zero-order valence-corrected chi connectivity index (χ0v) is 7.40. The first kappa shape index (κ1) is 8.64. The molecule has 0 unspecified atom stereocenters. The fourth-order valence-electron chi connectivity index (χ4n) is 0.768. The van der Waals surface area contributed by atoms with E-state index in [-0.39, 0.29) is 11.6 Å². The lowest BCUT2D eigenvalue weighted by atomic mass is 10.4.